The first kappa shape index (κ1) is 19.8. The lowest BCUT2D eigenvalue weighted by Crippen LogP contribution is -2.20. The van der Waals surface area contributed by atoms with Crippen LogP contribution in [0.25, 0.3) is 11.5 Å². The van der Waals surface area contributed by atoms with Gasteiger partial charge >= 0.3 is 0 Å². The van der Waals surface area contributed by atoms with Crippen molar-refractivity contribution in [3.05, 3.63) is 54.4 Å². The molecule has 0 bridgehead atoms. The maximum absolute atomic E-state index is 5.79. The van der Waals surface area contributed by atoms with Crippen molar-refractivity contribution in [1.82, 2.24) is 10.2 Å². The average molecular weight is 410 g/mol. The maximum Gasteiger partial charge on any atom is 0.254 e. The Morgan fingerprint density at radius 3 is 2.52 bits per heavy atom. The van der Waals surface area contributed by atoms with Crippen LogP contribution in [0.1, 0.15) is 26.2 Å². The first-order valence-corrected chi connectivity index (χ1v) is 11.3. The zero-order valence-corrected chi connectivity index (χ0v) is 18.0. The van der Waals surface area contributed by atoms with Crippen LogP contribution in [0.4, 0.5) is 5.69 Å². The topological polar surface area (TPSA) is 51.4 Å². The second-order valence-electron chi connectivity index (χ2n) is 7.75. The van der Waals surface area contributed by atoms with Gasteiger partial charge in [0.1, 0.15) is 5.75 Å². The van der Waals surface area contributed by atoms with Gasteiger partial charge in [-0.1, -0.05) is 13.8 Å². The number of ether oxygens (including phenoxy) is 1. The minimum Gasteiger partial charge on any atom is -0.484 e. The lowest BCUT2D eigenvalue weighted by Gasteiger charge is -2.20. The van der Waals surface area contributed by atoms with Crippen molar-refractivity contribution in [2.75, 3.05) is 24.2 Å². The number of nitrogens with zero attached hydrogens (tertiary/aromatic N) is 3. The van der Waals surface area contributed by atoms with Crippen molar-refractivity contribution >= 4 is 17.4 Å². The van der Waals surface area contributed by atoms with Crippen molar-refractivity contribution in [1.29, 1.82) is 0 Å². The molecule has 0 amide bonds. The third-order valence-electron chi connectivity index (χ3n) is 5.54. The predicted octanol–water partition coefficient (Wildman–Crippen LogP) is 5.52. The molecule has 4 rings (SSSR count). The van der Waals surface area contributed by atoms with Crippen molar-refractivity contribution < 1.29 is 9.15 Å². The fraction of sp³-hybridized carbons (Fsp3) is 0.391. The van der Waals surface area contributed by atoms with E-state index in [-0.39, 0.29) is 6.61 Å². The summed E-state index contributed by atoms with van der Waals surface area (Å²) in [4.78, 5) is 3.67. The summed E-state index contributed by atoms with van der Waals surface area (Å²) in [6.07, 6.45) is 3.32. The van der Waals surface area contributed by atoms with Crippen molar-refractivity contribution in [3.63, 3.8) is 0 Å². The van der Waals surface area contributed by atoms with Crippen LogP contribution < -0.4 is 9.64 Å². The van der Waals surface area contributed by atoms with Gasteiger partial charge in [0.15, 0.2) is 6.61 Å². The number of rotatable bonds is 7. The van der Waals surface area contributed by atoms with Crippen molar-refractivity contribution in [2.45, 2.75) is 31.8 Å². The Labute approximate surface area is 176 Å². The second-order valence-corrected chi connectivity index (χ2v) is 8.63. The van der Waals surface area contributed by atoms with E-state index in [9.17, 15) is 0 Å². The van der Waals surface area contributed by atoms with E-state index < -0.39 is 0 Å². The highest BCUT2D eigenvalue weighted by atomic mass is 32.2. The molecule has 3 aromatic rings. The molecule has 0 spiro atoms. The molecular weight excluding hydrogens is 382 g/mol. The van der Waals surface area contributed by atoms with Gasteiger partial charge in [0, 0.05) is 29.2 Å². The number of thioether (sulfide) groups is 1. The summed E-state index contributed by atoms with van der Waals surface area (Å²) in [5, 5.41) is 8.29. The SMILES string of the molecule is CSc1ccc(OCc2nnc(-c3ccc(N4CCC(C(C)C)C4)cc3)o2)cc1. The van der Waals surface area contributed by atoms with Gasteiger partial charge in [-0.2, -0.15) is 0 Å². The summed E-state index contributed by atoms with van der Waals surface area (Å²) in [5.41, 5.74) is 2.19. The predicted molar refractivity (Wildman–Crippen MR) is 117 cm³/mol. The van der Waals surface area contributed by atoms with Gasteiger partial charge in [-0.25, -0.2) is 0 Å². The molecule has 1 unspecified atom stereocenters. The Balaban J connectivity index is 1.36. The third kappa shape index (κ3) is 4.75. The molecule has 5 nitrogen and oxygen atoms in total. The van der Waals surface area contributed by atoms with Crippen LogP contribution in [0.2, 0.25) is 0 Å². The first-order valence-electron chi connectivity index (χ1n) is 10.1. The molecule has 2 heterocycles. The second kappa shape index (κ2) is 8.91. The van der Waals surface area contributed by atoms with E-state index in [0.29, 0.717) is 11.8 Å². The van der Waals surface area contributed by atoms with E-state index in [1.165, 1.54) is 17.0 Å². The van der Waals surface area contributed by atoms with Crippen LogP contribution in [0.15, 0.2) is 57.8 Å². The molecule has 1 saturated heterocycles. The summed E-state index contributed by atoms with van der Waals surface area (Å²) in [5.74, 6) is 3.30. The summed E-state index contributed by atoms with van der Waals surface area (Å²) in [7, 11) is 0. The minimum absolute atomic E-state index is 0.258. The number of hydrogen-bond acceptors (Lipinski definition) is 6. The van der Waals surface area contributed by atoms with Crippen LogP contribution in [0.5, 0.6) is 5.75 Å². The van der Waals surface area contributed by atoms with Gasteiger partial charge in [-0.3, -0.25) is 0 Å². The Hall–Kier alpha value is -2.47. The molecule has 0 saturated carbocycles. The quantitative estimate of drug-likeness (QED) is 0.479. The molecule has 0 radical (unpaired) electrons. The van der Waals surface area contributed by atoms with Gasteiger partial charge < -0.3 is 14.1 Å². The van der Waals surface area contributed by atoms with E-state index in [1.807, 2.05) is 24.3 Å². The fourth-order valence-electron chi connectivity index (χ4n) is 3.63. The van der Waals surface area contributed by atoms with Crippen LogP contribution in [-0.2, 0) is 6.61 Å². The molecule has 0 aliphatic carbocycles. The zero-order chi connectivity index (χ0) is 20.2. The van der Waals surface area contributed by atoms with E-state index in [2.05, 4.69) is 59.5 Å². The van der Waals surface area contributed by atoms with Crippen LogP contribution >= 0.6 is 11.8 Å². The summed E-state index contributed by atoms with van der Waals surface area (Å²) in [6, 6.07) is 16.4. The van der Waals surface area contributed by atoms with Crippen molar-refractivity contribution in [2.24, 2.45) is 11.8 Å². The van der Waals surface area contributed by atoms with Gasteiger partial charge in [0.2, 0.25) is 5.89 Å². The van der Waals surface area contributed by atoms with Gasteiger partial charge in [-0.15, -0.1) is 22.0 Å². The number of aromatic nitrogens is 2. The normalized spacial score (nSPS) is 16.6. The Morgan fingerprint density at radius 2 is 1.86 bits per heavy atom. The average Bonchev–Trinajstić information content (AvgIpc) is 3.43. The zero-order valence-electron chi connectivity index (χ0n) is 17.2. The Morgan fingerprint density at radius 1 is 1.10 bits per heavy atom. The molecule has 1 aliphatic heterocycles. The molecule has 0 N–H and O–H groups in total. The van der Waals surface area contributed by atoms with Crippen molar-refractivity contribution in [3.8, 4) is 17.2 Å². The summed E-state index contributed by atoms with van der Waals surface area (Å²) < 4.78 is 11.5. The molecule has 29 heavy (non-hydrogen) atoms. The monoisotopic (exact) mass is 409 g/mol. The molecule has 1 fully saturated rings. The molecular formula is C23H27N3O2S. The minimum atomic E-state index is 0.258. The summed E-state index contributed by atoms with van der Waals surface area (Å²) >= 11 is 1.70. The maximum atomic E-state index is 5.79. The Kier molecular flexibility index (Phi) is 6.09. The number of anilines is 1. The van der Waals surface area contributed by atoms with E-state index in [0.717, 1.165) is 36.2 Å². The highest BCUT2D eigenvalue weighted by molar-refractivity contribution is 7.98. The number of benzene rings is 2. The van der Waals surface area contributed by atoms with Gasteiger partial charge in [-0.05, 0) is 73.0 Å². The lowest BCUT2D eigenvalue weighted by molar-refractivity contribution is 0.264. The first-order chi connectivity index (χ1) is 14.1. The standard InChI is InChI=1S/C23H27N3O2S/c1-16(2)18-12-13-26(14-18)19-6-4-17(5-7-19)23-25-24-22(28-23)15-27-20-8-10-21(29-3)11-9-20/h4-11,16,18H,12-15H2,1-3H3. The van der Waals surface area contributed by atoms with E-state index in [4.69, 9.17) is 9.15 Å². The van der Waals surface area contributed by atoms with Gasteiger partial charge in [0.25, 0.3) is 5.89 Å². The van der Waals surface area contributed by atoms with Gasteiger partial charge in [0.05, 0.1) is 0 Å². The third-order valence-corrected chi connectivity index (χ3v) is 6.28. The lowest BCUT2D eigenvalue weighted by atomic mass is 9.95. The highest BCUT2D eigenvalue weighted by Crippen LogP contribution is 2.30. The highest BCUT2D eigenvalue weighted by Gasteiger charge is 2.25. The van der Waals surface area contributed by atoms with Crippen LogP contribution in [0.3, 0.4) is 0 Å². The molecule has 6 heteroatoms. The molecule has 152 valence electrons. The molecule has 1 aliphatic rings. The molecule has 2 aromatic carbocycles. The smallest absolute Gasteiger partial charge is 0.254 e. The Bertz CT molecular complexity index is 922. The largest absolute Gasteiger partial charge is 0.484 e. The van der Waals surface area contributed by atoms with E-state index in [1.54, 1.807) is 11.8 Å². The molecule has 1 atom stereocenters. The fourth-order valence-corrected chi connectivity index (χ4v) is 4.03. The van der Waals surface area contributed by atoms with Crippen LogP contribution in [0, 0.1) is 11.8 Å². The summed E-state index contributed by atoms with van der Waals surface area (Å²) in [6.45, 7) is 7.15. The van der Waals surface area contributed by atoms with Crippen LogP contribution in [-0.4, -0.2) is 29.5 Å². The molecule has 1 aromatic heterocycles. The number of hydrogen-bond donors (Lipinski definition) is 0. The van der Waals surface area contributed by atoms with E-state index >= 15 is 0 Å².